The third-order valence-corrected chi connectivity index (χ3v) is 12.4. The van der Waals surface area contributed by atoms with Gasteiger partial charge < -0.3 is 4.74 Å². The summed E-state index contributed by atoms with van der Waals surface area (Å²) in [5.41, 5.74) is 1.17. The highest BCUT2D eigenvalue weighted by Crippen LogP contribution is 2.68. The highest BCUT2D eigenvalue weighted by Gasteiger charge is 2.60. The SMILES string of the molecule is CC(C)CCC[C@@H](C)[C@H]1CC[C@H]2[C@@H]3CC[C@H]4C[C@@H](ON5COCC5(C)C)CC[C@]4(C)[C@H]3CC[C@]12C. The molecule has 5 aliphatic rings. The fourth-order valence-electron chi connectivity index (χ4n) is 10.3. The summed E-state index contributed by atoms with van der Waals surface area (Å²) in [5.74, 6) is 6.54. The Bertz CT molecular complexity index is 735. The van der Waals surface area contributed by atoms with E-state index < -0.39 is 0 Å². The van der Waals surface area contributed by atoms with Gasteiger partial charge in [-0.2, -0.15) is 5.06 Å². The summed E-state index contributed by atoms with van der Waals surface area (Å²) >= 11 is 0. The summed E-state index contributed by atoms with van der Waals surface area (Å²) in [6, 6.07) is 0. The van der Waals surface area contributed by atoms with Crippen molar-refractivity contribution in [3.8, 4) is 0 Å². The minimum Gasteiger partial charge on any atom is -0.362 e. The first-order valence-electron chi connectivity index (χ1n) is 15.6. The highest BCUT2D eigenvalue weighted by molar-refractivity contribution is 5.09. The summed E-state index contributed by atoms with van der Waals surface area (Å²) in [6.07, 6.45) is 17.5. The van der Waals surface area contributed by atoms with Crippen LogP contribution in [0.1, 0.15) is 126 Å². The average Bonchev–Trinajstić information content (AvgIpc) is 3.32. The lowest BCUT2D eigenvalue weighted by Crippen LogP contribution is -2.55. The van der Waals surface area contributed by atoms with Crippen LogP contribution in [0.3, 0.4) is 0 Å². The van der Waals surface area contributed by atoms with Crippen LogP contribution >= 0.6 is 0 Å². The Kier molecular flexibility index (Phi) is 7.48. The topological polar surface area (TPSA) is 21.7 Å². The van der Waals surface area contributed by atoms with Crippen molar-refractivity contribution in [3.05, 3.63) is 0 Å². The molecule has 9 atom stereocenters. The van der Waals surface area contributed by atoms with Crippen LogP contribution in [0.5, 0.6) is 0 Å². The van der Waals surface area contributed by atoms with Crippen LogP contribution in [0.2, 0.25) is 0 Å². The summed E-state index contributed by atoms with van der Waals surface area (Å²) in [5, 5.41) is 2.14. The van der Waals surface area contributed by atoms with E-state index in [2.05, 4.69) is 53.5 Å². The van der Waals surface area contributed by atoms with Gasteiger partial charge in [-0.05, 0) is 124 Å². The minimum absolute atomic E-state index is 0.0111. The summed E-state index contributed by atoms with van der Waals surface area (Å²) in [4.78, 5) is 6.58. The van der Waals surface area contributed by atoms with E-state index in [1.165, 1.54) is 77.0 Å². The fraction of sp³-hybridized carbons (Fsp3) is 1.00. The molecule has 0 aromatic carbocycles. The zero-order chi connectivity index (χ0) is 25.0. The Morgan fingerprint density at radius 1 is 0.857 bits per heavy atom. The standard InChI is InChI=1S/C32H57NO2/c1-22(2)9-8-10-23(3)27-13-14-28-26-12-11-24-19-25(35-33-21-34-20-30(33,4)5)15-17-31(24,6)29(26)16-18-32(27,28)7/h22-29H,8-21H2,1-7H3/t23-,24+,25+,26+,27-,28+,29+,31+,32-/m1/s1. The molecule has 0 aromatic rings. The molecule has 5 fully saturated rings. The molecule has 1 aliphatic heterocycles. The second-order valence-corrected chi connectivity index (χ2v) is 15.4. The molecular formula is C32H57NO2. The summed E-state index contributed by atoms with van der Waals surface area (Å²) in [6.45, 7) is 18.7. The average molecular weight is 488 g/mol. The van der Waals surface area contributed by atoms with Crippen LogP contribution in [0.25, 0.3) is 0 Å². The van der Waals surface area contributed by atoms with Crippen LogP contribution < -0.4 is 0 Å². The normalized spacial score (nSPS) is 46.3. The highest BCUT2D eigenvalue weighted by atomic mass is 16.7. The minimum atomic E-state index is 0.0111. The third-order valence-electron chi connectivity index (χ3n) is 12.4. The Morgan fingerprint density at radius 3 is 2.31 bits per heavy atom. The van der Waals surface area contributed by atoms with Crippen molar-refractivity contribution in [1.29, 1.82) is 0 Å². The maximum atomic E-state index is 6.58. The van der Waals surface area contributed by atoms with E-state index in [0.29, 0.717) is 23.7 Å². The van der Waals surface area contributed by atoms with Gasteiger partial charge in [0.15, 0.2) is 0 Å². The Balaban J connectivity index is 1.22. The van der Waals surface area contributed by atoms with Crippen LogP contribution in [0.15, 0.2) is 0 Å². The van der Waals surface area contributed by atoms with Gasteiger partial charge in [-0.3, -0.25) is 4.84 Å². The molecule has 0 unspecified atom stereocenters. The Hall–Kier alpha value is -0.120. The van der Waals surface area contributed by atoms with Crippen molar-refractivity contribution >= 4 is 0 Å². The number of rotatable bonds is 7. The Labute approximate surface area is 217 Å². The number of hydrogen-bond acceptors (Lipinski definition) is 3. The lowest BCUT2D eigenvalue weighted by atomic mass is 9.44. The largest absolute Gasteiger partial charge is 0.362 e. The monoisotopic (exact) mass is 487 g/mol. The molecule has 4 saturated carbocycles. The van der Waals surface area contributed by atoms with Gasteiger partial charge in [-0.15, -0.1) is 0 Å². The lowest BCUT2D eigenvalue weighted by Gasteiger charge is -2.61. The quantitative estimate of drug-likeness (QED) is 0.359. The van der Waals surface area contributed by atoms with Crippen molar-refractivity contribution in [3.63, 3.8) is 0 Å². The fourth-order valence-corrected chi connectivity index (χ4v) is 10.3. The lowest BCUT2D eigenvalue weighted by molar-refractivity contribution is -0.256. The molecule has 0 aromatic heterocycles. The van der Waals surface area contributed by atoms with E-state index >= 15 is 0 Å². The molecule has 0 radical (unpaired) electrons. The van der Waals surface area contributed by atoms with E-state index in [0.717, 1.165) is 48.0 Å². The maximum absolute atomic E-state index is 6.58. The number of ether oxygens (including phenoxy) is 1. The summed E-state index contributed by atoms with van der Waals surface area (Å²) in [7, 11) is 0. The molecule has 1 heterocycles. The van der Waals surface area contributed by atoms with Crippen molar-refractivity contribution in [2.75, 3.05) is 13.3 Å². The van der Waals surface area contributed by atoms with Gasteiger partial charge in [-0.25, -0.2) is 0 Å². The van der Waals surface area contributed by atoms with Crippen molar-refractivity contribution < 1.29 is 9.57 Å². The molecule has 5 rings (SSSR count). The van der Waals surface area contributed by atoms with E-state index in [1.807, 2.05) is 0 Å². The van der Waals surface area contributed by atoms with E-state index in [-0.39, 0.29) is 5.54 Å². The molecule has 3 nitrogen and oxygen atoms in total. The molecule has 0 spiro atoms. The van der Waals surface area contributed by atoms with E-state index in [9.17, 15) is 0 Å². The molecule has 202 valence electrons. The van der Waals surface area contributed by atoms with Gasteiger partial charge in [0, 0.05) is 0 Å². The predicted octanol–water partition coefficient (Wildman–Crippen LogP) is 8.48. The van der Waals surface area contributed by atoms with Gasteiger partial charge in [-0.1, -0.05) is 53.9 Å². The van der Waals surface area contributed by atoms with Crippen molar-refractivity contribution in [2.24, 2.45) is 52.3 Å². The van der Waals surface area contributed by atoms with Crippen LogP contribution in [-0.2, 0) is 9.57 Å². The number of nitrogens with zero attached hydrogens (tertiary/aromatic N) is 1. The molecule has 3 heteroatoms. The molecular weight excluding hydrogens is 430 g/mol. The first-order valence-corrected chi connectivity index (χ1v) is 15.6. The first kappa shape index (κ1) is 26.5. The van der Waals surface area contributed by atoms with Gasteiger partial charge in [0.2, 0.25) is 0 Å². The van der Waals surface area contributed by atoms with Gasteiger partial charge in [0.25, 0.3) is 0 Å². The zero-order valence-electron chi connectivity index (χ0n) is 24.3. The van der Waals surface area contributed by atoms with E-state index in [1.54, 1.807) is 0 Å². The summed E-state index contributed by atoms with van der Waals surface area (Å²) < 4.78 is 5.72. The third kappa shape index (κ3) is 4.78. The second kappa shape index (κ2) is 9.88. The van der Waals surface area contributed by atoms with Crippen LogP contribution in [0, 0.1) is 52.3 Å². The molecule has 0 amide bonds. The molecule has 4 aliphatic carbocycles. The molecule has 0 bridgehead atoms. The van der Waals surface area contributed by atoms with Crippen molar-refractivity contribution in [2.45, 2.75) is 137 Å². The number of fused-ring (bicyclic) bond motifs is 5. The number of hydroxylamine groups is 2. The first-order chi connectivity index (χ1) is 16.5. The van der Waals surface area contributed by atoms with Crippen LogP contribution in [0.4, 0.5) is 0 Å². The van der Waals surface area contributed by atoms with E-state index in [4.69, 9.17) is 9.57 Å². The van der Waals surface area contributed by atoms with Gasteiger partial charge >= 0.3 is 0 Å². The maximum Gasteiger partial charge on any atom is 0.123 e. The Morgan fingerprint density at radius 2 is 1.60 bits per heavy atom. The smallest absolute Gasteiger partial charge is 0.123 e. The van der Waals surface area contributed by atoms with Crippen molar-refractivity contribution in [1.82, 2.24) is 5.06 Å². The predicted molar refractivity (Wildman–Crippen MR) is 145 cm³/mol. The molecule has 0 N–H and O–H groups in total. The second-order valence-electron chi connectivity index (χ2n) is 15.4. The van der Waals surface area contributed by atoms with Gasteiger partial charge in [0.05, 0.1) is 18.2 Å². The van der Waals surface area contributed by atoms with Gasteiger partial charge in [0.1, 0.15) is 6.73 Å². The van der Waals surface area contributed by atoms with Crippen LogP contribution in [-0.4, -0.2) is 30.0 Å². The molecule has 35 heavy (non-hydrogen) atoms. The zero-order valence-corrected chi connectivity index (χ0v) is 24.3. The number of hydrogen-bond donors (Lipinski definition) is 0. The molecule has 1 saturated heterocycles.